The predicted octanol–water partition coefficient (Wildman–Crippen LogP) is 3.43. The fraction of sp³-hybridized carbons (Fsp3) is 0.200. The number of rotatable bonds is 5. The molecular formula is C15H16ClFN2O. The zero-order valence-electron chi connectivity index (χ0n) is 11.1. The van der Waals surface area contributed by atoms with Gasteiger partial charge in [0.15, 0.2) is 0 Å². The molecule has 2 aromatic carbocycles. The highest BCUT2D eigenvalue weighted by molar-refractivity contribution is 6.30. The summed E-state index contributed by atoms with van der Waals surface area (Å²) in [6.45, 7) is 2.42. The van der Waals surface area contributed by atoms with E-state index in [0.717, 1.165) is 5.56 Å². The molecule has 0 aliphatic carbocycles. The lowest BCUT2D eigenvalue weighted by Crippen LogP contribution is -2.30. The van der Waals surface area contributed by atoms with Crippen molar-refractivity contribution in [2.75, 3.05) is 6.61 Å². The van der Waals surface area contributed by atoms with Gasteiger partial charge in [-0.1, -0.05) is 35.9 Å². The molecule has 1 atom stereocenters. The summed E-state index contributed by atoms with van der Waals surface area (Å²) >= 11 is 5.78. The number of hydrogen-bond acceptors (Lipinski definition) is 3. The molecule has 0 heterocycles. The highest BCUT2D eigenvalue weighted by atomic mass is 35.5. The molecule has 0 amide bonds. The number of benzene rings is 2. The molecule has 2 rings (SSSR count). The topological polar surface area (TPSA) is 47.3 Å². The quantitative estimate of drug-likeness (QED) is 0.656. The molecular weight excluding hydrogens is 279 g/mol. The van der Waals surface area contributed by atoms with Crippen LogP contribution >= 0.6 is 11.6 Å². The number of nitrogens with one attached hydrogen (secondary N) is 1. The zero-order valence-corrected chi connectivity index (χ0v) is 11.8. The van der Waals surface area contributed by atoms with E-state index in [1.165, 1.54) is 6.07 Å². The predicted molar refractivity (Wildman–Crippen MR) is 78.2 cm³/mol. The maximum Gasteiger partial charge on any atom is 0.129 e. The van der Waals surface area contributed by atoms with Gasteiger partial charge in [0, 0.05) is 16.1 Å². The minimum atomic E-state index is -0.505. The lowest BCUT2D eigenvalue weighted by atomic mass is 9.98. The maximum absolute atomic E-state index is 14.1. The van der Waals surface area contributed by atoms with E-state index in [9.17, 15) is 4.39 Å². The van der Waals surface area contributed by atoms with Gasteiger partial charge in [0.25, 0.3) is 0 Å². The molecule has 0 saturated heterocycles. The van der Waals surface area contributed by atoms with Crippen molar-refractivity contribution in [2.24, 2.45) is 5.84 Å². The van der Waals surface area contributed by atoms with Crippen LogP contribution in [0, 0.1) is 5.82 Å². The Balaban J connectivity index is 2.47. The van der Waals surface area contributed by atoms with E-state index in [0.29, 0.717) is 22.9 Å². The summed E-state index contributed by atoms with van der Waals surface area (Å²) in [4.78, 5) is 0. The second-order valence-corrected chi connectivity index (χ2v) is 4.67. The van der Waals surface area contributed by atoms with Gasteiger partial charge in [-0.2, -0.15) is 0 Å². The highest BCUT2D eigenvalue weighted by Gasteiger charge is 2.20. The van der Waals surface area contributed by atoms with Crippen molar-refractivity contribution in [3.8, 4) is 5.75 Å². The lowest BCUT2D eigenvalue weighted by molar-refractivity contribution is 0.333. The Morgan fingerprint density at radius 3 is 2.65 bits per heavy atom. The summed E-state index contributed by atoms with van der Waals surface area (Å²) in [5.74, 6) is 5.87. The molecule has 3 nitrogen and oxygen atoms in total. The molecule has 1 unspecified atom stereocenters. The maximum atomic E-state index is 14.1. The minimum absolute atomic E-state index is 0.347. The largest absolute Gasteiger partial charge is 0.494 e. The van der Waals surface area contributed by atoms with Gasteiger partial charge in [-0.05, 0) is 25.1 Å². The second-order valence-electron chi connectivity index (χ2n) is 4.24. The van der Waals surface area contributed by atoms with Crippen molar-refractivity contribution < 1.29 is 9.13 Å². The summed E-state index contributed by atoms with van der Waals surface area (Å²) in [6, 6.07) is 11.4. The highest BCUT2D eigenvalue weighted by Crippen LogP contribution is 2.31. The summed E-state index contributed by atoms with van der Waals surface area (Å²) in [5, 5.41) is 0.347. The second kappa shape index (κ2) is 6.70. The summed E-state index contributed by atoms with van der Waals surface area (Å²) in [5.41, 5.74) is 3.83. The lowest BCUT2D eigenvalue weighted by Gasteiger charge is -2.20. The first-order valence-electron chi connectivity index (χ1n) is 6.30. The average Bonchev–Trinajstić information content (AvgIpc) is 2.44. The van der Waals surface area contributed by atoms with Crippen LogP contribution in [0.25, 0.3) is 0 Å². The molecule has 0 spiro atoms. The van der Waals surface area contributed by atoms with Gasteiger partial charge in [-0.3, -0.25) is 5.84 Å². The van der Waals surface area contributed by atoms with E-state index in [-0.39, 0.29) is 0 Å². The number of halogens is 2. The standard InChI is InChI=1S/C15H16ClFN2O/c1-2-20-14-6-4-3-5-12(14)15(19-18)11-8-7-10(16)9-13(11)17/h3-9,15,19H,2,18H2,1H3. The Kier molecular flexibility index (Phi) is 4.95. The number of nitrogens with two attached hydrogens (primary N) is 1. The first kappa shape index (κ1) is 14.8. The molecule has 106 valence electrons. The van der Waals surface area contributed by atoms with Crippen LogP contribution in [-0.4, -0.2) is 6.61 Å². The minimum Gasteiger partial charge on any atom is -0.494 e. The Morgan fingerprint density at radius 1 is 1.25 bits per heavy atom. The van der Waals surface area contributed by atoms with Gasteiger partial charge in [0.1, 0.15) is 11.6 Å². The van der Waals surface area contributed by atoms with Gasteiger partial charge in [0.2, 0.25) is 0 Å². The normalized spacial score (nSPS) is 12.2. The van der Waals surface area contributed by atoms with E-state index < -0.39 is 11.9 Å². The Bertz CT molecular complexity index is 592. The monoisotopic (exact) mass is 294 g/mol. The molecule has 3 N–H and O–H groups in total. The average molecular weight is 295 g/mol. The first-order valence-corrected chi connectivity index (χ1v) is 6.68. The fourth-order valence-corrected chi connectivity index (χ4v) is 2.25. The van der Waals surface area contributed by atoms with Crippen LogP contribution in [0.3, 0.4) is 0 Å². The molecule has 5 heteroatoms. The van der Waals surface area contributed by atoms with E-state index in [4.69, 9.17) is 22.2 Å². The van der Waals surface area contributed by atoms with Crippen LogP contribution in [0.5, 0.6) is 5.75 Å². The molecule has 2 aromatic rings. The first-order chi connectivity index (χ1) is 9.67. The van der Waals surface area contributed by atoms with Crippen LogP contribution in [0.15, 0.2) is 42.5 Å². The number of hydrazine groups is 1. The third-order valence-corrected chi connectivity index (χ3v) is 3.21. The smallest absolute Gasteiger partial charge is 0.129 e. The van der Waals surface area contributed by atoms with Crippen molar-refractivity contribution in [1.29, 1.82) is 0 Å². The molecule has 0 radical (unpaired) electrons. The van der Waals surface area contributed by atoms with Gasteiger partial charge >= 0.3 is 0 Å². The Morgan fingerprint density at radius 2 is 2.00 bits per heavy atom. The van der Waals surface area contributed by atoms with E-state index in [1.807, 2.05) is 31.2 Å². The molecule has 0 saturated carbocycles. The Hall–Kier alpha value is -1.62. The molecule has 0 bridgehead atoms. The van der Waals surface area contributed by atoms with E-state index in [2.05, 4.69) is 5.43 Å². The van der Waals surface area contributed by atoms with Gasteiger partial charge in [-0.15, -0.1) is 0 Å². The third-order valence-electron chi connectivity index (χ3n) is 2.97. The van der Waals surface area contributed by atoms with Crippen molar-refractivity contribution in [3.63, 3.8) is 0 Å². The summed E-state index contributed by atoms with van der Waals surface area (Å²) < 4.78 is 19.6. The number of hydrogen-bond donors (Lipinski definition) is 2. The van der Waals surface area contributed by atoms with E-state index in [1.54, 1.807) is 12.1 Å². The van der Waals surface area contributed by atoms with Crippen LogP contribution in [-0.2, 0) is 0 Å². The number of ether oxygens (including phenoxy) is 1. The van der Waals surface area contributed by atoms with Crippen LogP contribution < -0.4 is 16.0 Å². The van der Waals surface area contributed by atoms with Crippen LogP contribution in [0.2, 0.25) is 5.02 Å². The SMILES string of the molecule is CCOc1ccccc1C(NN)c1ccc(Cl)cc1F. The summed E-state index contributed by atoms with van der Waals surface area (Å²) in [6.07, 6.45) is 0. The van der Waals surface area contributed by atoms with Crippen molar-refractivity contribution >= 4 is 11.6 Å². The summed E-state index contributed by atoms with van der Waals surface area (Å²) in [7, 11) is 0. The van der Waals surface area contributed by atoms with Crippen molar-refractivity contribution in [1.82, 2.24) is 5.43 Å². The van der Waals surface area contributed by atoms with E-state index >= 15 is 0 Å². The fourth-order valence-electron chi connectivity index (χ4n) is 2.09. The zero-order chi connectivity index (χ0) is 14.5. The van der Waals surface area contributed by atoms with Gasteiger partial charge < -0.3 is 4.74 Å². The number of para-hydroxylation sites is 1. The molecule has 0 aliphatic rings. The molecule has 20 heavy (non-hydrogen) atoms. The molecule has 0 aliphatic heterocycles. The molecule has 0 fully saturated rings. The third kappa shape index (κ3) is 3.10. The van der Waals surface area contributed by atoms with Gasteiger partial charge in [-0.25, -0.2) is 9.82 Å². The van der Waals surface area contributed by atoms with Crippen LogP contribution in [0.1, 0.15) is 24.1 Å². The molecule has 0 aromatic heterocycles. The van der Waals surface area contributed by atoms with Crippen LogP contribution in [0.4, 0.5) is 4.39 Å². The Labute approximate surface area is 122 Å². The van der Waals surface area contributed by atoms with Gasteiger partial charge in [0.05, 0.1) is 12.6 Å². The van der Waals surface area contributed by atoms with Crippen molar-refractivity contribution in [3.05, 3.63) is 64.4 Å². The van der Waals surface area contributed by atoms with Crippen molar-refractivity contribution in [2.45, 2.75) is 13.0 Å².